The van der Waals surface area contributed by atoms with Gasteiger partial charge in [-0.2, -0.15) is 0 Å². The van der Waals surface area contributed by atoms with Crippen LogP contribution in [-0.2, 0) is 20.9 Å². The Morgan fingerprint density at radius 3 is 2.31 bits per heavy atom. The summed E-state index contributed by atoms with van der Waals surface area (Å²) in [6, 6.07) is 8.45. The molecule has 1 aromatic carbocycles. The van der Waals surface area contributed by atoms with Gasteiger partial charge in [0.2, 0.25) is 5.91 Å². The van der Waals surface area contributed by atoms with Crippen molar-refractivity contribution < 1.29 is 23.9 Å². The van der Waals surface area contributed by atoms with Gasteiger partial charge in [-0.05, 0) is 32.8 Å². The Kier molecular flexibility index (Phi) is 8.41. The van der Waals surface area contributed by atoms with Gasteiger partial charge in [0.05, 0.1) is 0 Å². The molecule has 0 unspecified atom stereocenters. The average Bonchev–Trinajstić information content (AvgIpc) is 2.57. The van der Waals surface area contributed by atoms with Crippen molar-refractivity contribution in [1.29, 1.82) is 0 Å². The number of nitrogens with one attached hydrogen (secondary N) is 3. The molecule has 0 spiro atoms. The molecule has 0 saturated heterocycles. The Balaban J connectivity index is 2.40. The monoisotopic (exact) mass is 365 g/mol. The Morgan fingerprint density at radius 2 is 1.73 bits per heavy atom. The molecule has 3 amide bonds. The van der Waals surface area contributed by atoms with E-state index in [0.29, 0.717) is 0 Å². The largest absolute Gasteiger partial charge is 0.445 e. The first kappa shape index (κ1) is 21.3. The first-order valence-corrected chi connectivity index (χ1v) is 8.37. The minimum Gasteiger partial charge on any atom is -0.445 e. The molecule has 0 radical (unpaired) electrons. The molecule has 26 heavy (non-hydrogen) atoms. The van der Waals surface area contributed by atoms with Gasteiger partial charge in [-0.3, -0.25) is 4.79 Å². The number of alkyl carbamates (subject to hydrolysis) is 2. The van der Waals surface area contributed by atoms with E-state index in [1.807, 2.05) is 30.3 Å². The van der Waals surface area contributed by atoms with Crippen molar-refractivity contribution in [2.24, 2.45) is 0 Å². The molecular formula is C18H27N3O5. The van der Waals surface area contributed by atoms with Crippen LogP contribution in [0, 0.1) is 0 Å². The quantitative estimate of drug-likeness (QED) is 0.685. The van der Waals surface area contributed by atoms with Crippen LogP contribution in [0.4, 0.5) is 9.59 Å². The molecule has 8 nitrogen and oxygen atoms in total. The topological polar surface area (TPSA) is 106 Å². The Bertz CT molecular complexity index is 599. The van der Waals surface area contributed by atoms with Crippen molar-refractivity contribution in [2.45, 2.75) is 45.4 Å². The SMILES string of the molecule is CNC(=O)[C@H](CCNC(=O)OCc1ccccc1)NC(=O)OC(C)(C)C. The van der Waals surface area contributed by atoms with Crippen LogP contribution in [0.25, 0.3) is 0 Å². The third kappa shape index (κ3) is 8.91. The first-order valence-electron chi connectivity index (χ1n) is 8.37. The average molecular weight is 365 g/mol. The zero-order valence-corrected chi connectivity index (χ0v) is 15.6. The molecule has 3 N–H and O–H groups in total. The molecule has 0 fully saturated rings. The summed E-state index contributed by atoms with van der Waals surface area (Å²) >= 11 is 0. The molecule has 1 aromatic rings. The van der Waals surface area contributed by atoms with Crippen molar-refractivity contribution >= 4 is 18.1 Å². The smallest absolute Gasteiger partial charge is 0.408 e. The molecule has 0 aromatic heterocycles. The first-order chi connectivity index (χ1) is 12.2. The second-order valence-corrected chi connectivity index (χ2v) is 6.59. The Morgan fingerprint density at radius 1 is 1.08 bits per heavy atom. The van der Waals surface area contributed by atoms with Crippen LogP contribution >= 0.6 is 0 Å². The van der Waals surface area contributed by atoms with E-state index in [9.17, 15) is 14.4 Å². The molecule has 0 heterocycles. The fourth-order valence-corrected chi connectivity index (χ4v) is 1.99. The lowest BCUT2D eigenvalue weighted by molar-refractivity contribution is -0.122. The van der Waals surface area contributed by atoms with Gasteiger partial charge in [0.15, 0.2) is 0 Å². The molecule has 8 heteroatoms. The lowest BCUT2D eigenvalue weighted by Gasteiger charge is -2.23. The maximum absolute atomic E-state index is 11.9. The standard InChI is InChI=1S/C18H27N3O5/c1-18(2,3)26-17(24)21-14(15(22)19-4)10-11-20-16(23)25-12-13-8-6-5-7-9-13/h5-9,14H,10-12H2,1-4H3,(H,19,22)(H,20,23)(H,21,24)/t14-/m0/s1. The normalized spacial score (nSPS) is 11.8. The third-order valence-corrected chi connectivity index (χ3v) is 3.17. The molecule has 0 aliphatic carbocycles. The number of hydrogen-bond donors (Lipinski definition) is 3. The van der Waals surface area contributed by atoms with E-state index < -0.39 is 23.8 Å². The number of rotatable bonds is 7. The summed E-state index contributed by atoms with van der Waals surface area (Å²) in [5.41, 5.74) is 0.203. The van der Waals surface area contributed by atoms with Crippen LogP contribution in [-0.4, -0.2) is 43.3 Å². The highest BCUT2D eigenvalue weighted by molar-refractivity contribution is 5.85. The van der Waals surface area contributed by atoms with Gasteiger partial charge in [0, 0.05) is 13.6 Å². The van der Waals surface area contributed by atoms with Gasteiger partial charge in [-0.1, -0.05) is 30.3 Å². The number of benzene rings is 1. The summed E-state index contributed by atoms with van der Waals surface area (Å²) in [4.78, 5) is 35.4. The summed E-state index contributed by atoms with van der Waals surface area (Å²) in [6.07, 6.45) is -1.10. The minimum atomic E-state index is -0.829. The fourth-order valence-electron chi connectivity index (χ4n) is 1.99. The number of ether oxygens (including phenoxy) is 2. The van der Waals surface area contributed by atoms with Gasteiger partial charge in [-0.25, -0.2) is 9.59 Å². The minimum absolute atomic E-state index is 0.154. The summed E-state index contributed by atoms with van der Waals surface area (Å²) in [5, 5.41) is 7.51. The van der Waals surface area contributed by atoms with E-state index in [1.54, 1.807) is 20.8 Å². The molecule has 1 rings (SSSR count). The lowest BCUT2D eigenvalue weighted by Crippen LogP contribution is -2.48. The Labute approximate surface area is 153 Å². The van der Waals surface area contributed by atoms with Gasteiger partial charge >= 0.3 is 12.2 Å². The van der Waals surface area contributed by atoms with Crippen LogP contribution in [0.2, 0.25) is 0 Å². The van der Waals surface area contributed by atoms with Crippen molar-refractivity contribution in [3.63, 3.8) is 0 Å². The second-order valence-electron chi connectivity index (χ2n) is 6.59. The van der Waals surface area contributed by atoms with E-state index in [2.05, 4.69) is 16.0 Å². The Hall–Kier alpha value is -2.77. The summed E-state index contributed by atoms with van der Waals surface area (Å²) < 4.78 is 10.2. The molecule has 0 aliphatic heterocycles. The van der Waals surface area contributed by atoms with Gasteiger partial charge in [0.1, 0.15) is 18.2 Å². The zero-order chi connectivity index (χ0) is 19.6. The van der Waals surface area contributed by atoms with Crippen LogP contribution in [0.3, 0.4) is 0 Å². The third-order valence-electron chi connectivity index (χ3n) is 3.17. The van der Waals surface area contributed by atoms with Gasteiger partial charge < -0.3 is 25.4 Å². The molecule has 1 atom stereocenters. The highest BCUT2D eigenvalue weighted by Crippen LogP contribution is 2.07. The van der Waals surface area contributed by atoms with Gasteiger partial charge in [0.25, 0.3) is 0 Å². The van der Waals surface area contributed by atoms with E-state index in [4.69, 9.17) is 9.47 Å². The summed E-state index contributed by atoms with van der Waals surface area (Å²) in [7, 11) is 1.47. The molecule has 0 bridgehead atoms. The molecule has 0 aliphatic rings. The number of hydrogen-bond acceptors (Lipinski definition) is 5. The predicted molar refractivity (Wildman–Crippen MR) is 96.5 cm³/mol. The number of carbonyl (C=O) groups excluding carboxylic acids is 3. The summed E-state index contributed by atoms with van der Waals surface area (Å²) in [5.74, 6) is -0.379. The van der Waals surface area contributed by atoms with Crippen LogP contribution in [0.1, 0.15) is 32.8 Å². The van der Waals surface area contributed by atoms with Crippen LogP contribution in [0.5, 0.6) is 0 Å². The van der Waals surface area contributed by atoms with Crippen molar-refractivity contribution in [1.82, 2.24) is 16.0 Å². The highest BCUT2D eigenvalue weighted by atomic mass is 16.6. The fraction of sp³-hybridized carbons (Fsp3) is 0.500. The molecule has 144 valence electrons. The van der Waals surface area contributed by atoms with Crippen molar-refractivity contribution in [2.75, 3.05) is 13.6 Å². The van der Waals surface area contributed by atoms with Gasteiger partial charge in [-0.15, -0.1) is 0 Å². The number of carbonyl (C=O) groups is 3. The van der Waals surface area contributed by atoms with Crippen molar-refractivity contribution in [3.05, 3.63) is 35.9 Å². The maximum atomic E-state index is 11.9. The number of likely N-dealkylation sites (N-methyl/N-ethyl adjacent to an activating group) is 1. The maximum Gasteiger partial charge on any atom is 0.408 e. The summed E-state index contributed by atoms with van der Waals surface area (Å²) in [6.45, 7) is 5.49. The highest BCUT2D eigenvalue weighted by Gasteiger charge is 2.23. The molecular weight excluding hydrogens is 338 g/mol. The van der Waals surface area contributed by atoms with E-state index in [-0.39, 0.29) is 25.5 Å². The zero-order valence-electron chi connectivity index (χ0n) is 15.6. The predicted octanol–water partition coefficient (Wildman–Crippen LogP) is 1.94. The van der Waals surface area contributed by atoms with Crippen molar-refractivity contribution in [3.8, 4) is 0 Å². The van der Waals surface area contributed by atoms with E-state index in [0.717, 1.165) is 5.56 Å². The van der Waals surface area contributed by atoms with Crippen LogP contribution in [0.15, 0.2) is 30.3 Å². The lowest BCUT2D eigenvalue weighted by atomic mass is 10.2. The van der Waals surface area contributed by atoms with Crippen LogP contribution < -0.4 is 16.0 Å². The van der Waals surface area contributed by atoms with E-state index in [1.165, 1.54) is 7.05 Å². The molecule has 0 saturated carbocycles. The van der Waals surface area contributed by atoms with E-state index >= 15 is 0 Å². The second kappa shape index (κ2) is 10.3. The number of amides is 3.